The molecule has 1 amide bonds. The Balaban J connectivity index is 2.25. The molecule has 0 aliphatic rings. The first-order chi connectivity index (χ1) is 10.7. The maximum atomic E-state index is 12.4. The van der Waals surface area contributed by atoms with E-state index in [0.29, 0.717) is 17.1 Å². The van der Waals surface area contributed by atoms with Crippen LogP contribution in [0.4, 0.5) is 18.3 Å². The summed E-state index contributed by atoms with van der Waals surface area (Å²) in [5, 5.41) is 1.90. The number of anilines is 1. The Hall–Kier alpha value is -2.49. The van der Waals surface area contributed by atoms with E-state index in [0.717, 1.165) is 0 Å². The Labute approximate surface area is 132 Å². The molecule has 0 aliphatic carbocycles. The zero-order valence-corrected chi connectivity index (χ0v) is 12.7. The number of halogens is 3. The number of alkyl halides is 3. The minimum atomic E-state index is -4.69. The highest BCUT2D eigenvalue weighted by Gasteiger charge is 2.36. The zero-order chi connectivity index (χ0) is 17.2. The summed E-state index contributed by atoms with van der Waals surface area (Å²) in [5.74, 6) is -2.71. The van der Waals surface area contributed by atoms with Gasteiger partial charge in [-0.05, 0) is 19.1 Å². The van der Waals surface area contributed by atoms with Crippen LogP contribution in [-0.4, -0.2) is 21.2 Å². The molecule has 122 valence electrons. The molecule has 1 aromatic heterocycles. The molecule has 0 unspecified atom stereocenters. The average molecular weight is 345 g/mol. The lowest BCUT2D eigenvalue weighted by molar-refractivity contribution is -0.144. The van der Waals surface area contributed by atoms with E-state index in [1.54, 1.807) is 13.0 Å². The number of aromatic nitrogens is 2. The predicted molar refractivity (Wildman–Crippen MR) is 75.4 cm³/mol. The number of benzene rings is 1. The number of carbonyl (C=O) groups excluding carboxylic acids is 2. The fourth-order valence-electron chi connectivity index (χ4n) is 1.62. The molecule has 0 saturated carbocycles. The lowest BCUT2D eigenvalue weighted by Gasteiger charge is -2.09. The maximum Gasteiger partial charge on any atom is 0.452 e. The number of rotatable bonds is 3. The van der Waals surface area contributed by atoms with Gasteiger partial charge in [-0.25, -0.2) is 0 Å². The van der Waals surface area contributed by atoms with Crippen LogP contribution in [0.3, 0.4) is 0 Å². The second-order valence-corrected chi connectivity index (χ2v) is 5.22. The van der Waals surface area contributed by atoms with Crippen molar-refractivity contribution in [2.45, 2.75) is 20.0 Å². The number of ether oxygens (including phenoxy) is 1. The lowest BCUT2D eigenvalue weighted by atomic mass is 10.1. The van der Waals surface area contributed by atoms with Crippen LogP contribution in [0.2, 0.25) is 0 Å². The van der Waals surface area contributed by atoms with Gasteiger partial charge in [0.15, 0.2) is 0 Å². The van der Waals surface area contributed by atoms with Crippen LogP contribution < -0.4 is 10.1 Å². The Morgan fingerprint density at radius 1 is 1.30 bits per heavy atom. The smallest absolute Gasteiger partial charge is 0.426 e. The summed E-state index contributed by atoms with van der Waals surface area (Å²) in [5.41, 5.74) is 0.711. The Morgan fingerprint density at radius 3 is 2.57 bits per heavy atom. The van der Waals surface area contributed by atoms with E-state index in [4.69, 9.17) is 4.74 Å². The maximum absolute atomic E-state index is 12.4. The van der Waals surface area contributed by atoms with Crippen molar-refractivity contribution in [2.75, 3.05) is 5.32 Å². The summed E-state index contributed by atoms with van der Waals surface area (Å²) in [6, 6.07) is 4.49. The lowest BCUT2D eigenvalue weighted by Crippen LogP contribution is -2.15. The van der Waals surface area contributed by atoms with Crippen LogP contribution in [0.25, 0.3) is 0 Å². The van der Waals surface area contributed by atoms with Crippen molar-refractivity contribution < 1.29 is 27.5 Å². The second kappa shape index (κ2) is 6.32. The van der Waals surface area contributed by atoms with Crippen molar-refractivity contribution in [1.29, 1.82) is 0 Å². The molecule has 1 aromatic carbocycles. The molecule has 0 atom stereocenters. The number of aryl methyl sites for hydroxylation is 1. The highest BCUT2D eigenvalue weighted by molar-refractivity contribution is 7.09. The molecule has 0 spiro atoms. The number of esters is 1. The molecular weight excluding hydrogens is 335 g/mol. The minimum Gasteiger partial charge on any atom is -0.426 e. The molecule has 0 fully saturated rings. The third-order valence-electron chi connectivity index (χ3n) is 2.53. The van der Waals surface area contributed by atoms with Crippen LogP contribution in [0.5, 0.6) is 5.75 Å². The molecule has 2 aromatic rings. The van der Waals surface area contributed by atoms with Crippen molar-refractivity contribution in [3.63, 3.8) is 0 Å². The standard InChI is InChI=1S/C13H10F3N3O3S/c1-6-3-4-9(22-7(2)20)8(5-6)10(21)17-12-18-11(19-23-12)13(14,15)16/h3-5H,1-2H3,(H,17,18,19,21). The summed E-state index contributed by atoms with van der Waals surface area (Å²) in [6.07, 6.45) is -4.69. The second-order valence-electron chi connectivity index (χ2n) is 4.47. The van der Waals surface area contributed by atoms with E-state index in [1.807, 2.05) is 0 Å². The van der Waals surface area contributed by atoms with Gasteiger partial charge >= 0.3 is 12.1 Å². The normalized spacial score (nSPS) is 11.2. The fourth-order valence-corrected chi connectivity index (χ4v) is 2.20. The molecule has 0 radical (unpaired) electrons. The topological polar surface area (TPSA) is 81.2 Å². The first-order valence-electron chi connectivity index (χ1n) is 6.18. The van der Waals surface area contributed by atoms with E-state index in [9.17, 15) is 22.8 Å². The molecular formula is C13H10F3N3O3S. The largest absolute Gasteiger partial charge is 0.452 e. The van der Waals surface area contributed by atoms with E-state index >= 15 is 0 Å². The molecule has 0 aliphatic heterocycles. The fraction of sp³-hybridized carbons (Fsp3) is 0.231. The number of hydrogen-bond acceptors (Lipinski definition) is 6. The van der Waals surface area contributed by atoms with E-state index in [1.165, 1.54) is 19.1 Å². The van der Waals surface area contributed by atoms with Gasteiger partial charge in [-0.15, -0.1) is 0 Å². The van der Waals surface area contributed by atoms with Gasteiger partial charge in [-0.1, -0.05) is 11.6 Å². The van der Waals surface area contributed by atoms with Crippen LogP contribution in [0.1, 0.15) is 28.7 Å². The Morgan fingerprint density at radius 2 is 2.00 bits per heavy atom. The molecule has 6 nitrogen and oxygen atoms in total. The van der Waals surface area contributed by atoms with Gasteiger partial charge in [0.05, 0.1) is 5.56 Å². The molecule has 1 heterocycles. The highest BCUT2D eigenvalue weighted by Crippen LogP contribution is 2.29. The van der Waals surface area contributed by atoms with Gasteiger partial charge in [-0.2, -0.15) is 22.5 Å². The summed E-state index contributed by atoms with van der Waals surface area (Å²) >= 11 is 0.403. The van der Waals surface area contributed by atoms with Gasteiger partial charge in [0.1, 0.15) is 5.75 Å². The molecule has 0 saturated heterocycles. The predicted octanol–water partition coefficient (Wildman–Crippen LogP) is 3.04. The molecule has 0 bridgehead atoms. The van der Waals surface area contributed by atoms with Crippen molar-refractivity contribution in [2.24, 2.45) is 0 Å². The molecule has 1 N–H and O–H groups in total. The Bertz CT molecular complexity index is 758. The van der Waals surface area contributed by atoms with Gasteiger partial charge in [-0.3, -0.25) is 14.9 Å². The van der Waals surface area contributed by atoms with Gasteiger partial charge < -0.3 is 4.74 Å². The number of amides is 1. The van der Waals surface area contributed by atoms with Crippen LogP contribution in [0.15, 0.2) is 18.2 Å². The first kappa shape index (κ1) is 16.9. The molecule has 23 heavy (non-hydrogen) atoms. The van der Waals surface area contributed by atoms with Crippen LogP contribution >= 0.6 is 11.5 Å². The van der Waals surface area contributed by atoms with Gasteiger partial charge in [0, 0.05) is 18.5 Å². The summed E-state index contributed by atoms with van der Waals surface area (Å²) in [6.45, 7) is 2.88. The van der Waals surface area contributed by atoms with Gasteiger partial charge in [0.2, 0.25) is 11.0 Å². The number of nitrogens with one attached hydrogen (secondary N) is 1. The van der Waals surface area contributed by atoms with Gasteiger partial charge in [0.25, 0.3) is 5.91 Å². The SMILES string of the molecule is CC(=O)Oc1ccc(C)cc1C(=O)Nc1nc(C(F)(F)F)ns1. The third kappa shape index (κ3) is 4.25. The number of nitrogens with zero attached hydrogens (tertiary/aromatic N) is 2. The van der Waals surface area contributed by atoms with Crippen LogP contribution in [0, 0.1) is 6.92 Å². The average Bonchev–Trinajstić information content (AvgIpc) is 2.88. The highest BCUT2D eigenvalue weighted by atomic mass is 32.1. The molecule has 10 heteroatoms. The van der Waals surface area contributed by atoms with Crippen molar-refractivity contribution in [3.8, 4) is 5.75 Å². The monoisotopic (exact) mass is 345 g/mol. The quantitative estimate of drug-likeness (QED) is 0.683. The van der Waals surface area contributed by atoms with E-state index in [2.05, 4.69) is 14.7 Å². The van der Waals surface area contributed by atoms with Crippen molar-refractivity contribution in [3.05, 3.63) is 35.2 Å². The van der Waals surface area contributed by atoms with E-state index in [-0.39, 0.29) is 16.4 Å². The number of carbonyl (C=O) groups is 2. The first-order valence-corrected chi connectivity index (χ1v) is 6.95. The summed E-state index contributed by atoms with van der Waals surface area (Å²) in [7, 11) is 0. The minimum absolute atomic E-state index is 0.00107. The van der Waals surface area contributed by atoms with Crippen molar-refractivity contribution in [1.82, 2.24) is 9.36 Å². The van der Waals surface area contributed by atoms with Crippen molar-refractivity contribution >= 4 is 28.5 Å². The Kier molecular flexibility index (Phi) is 4.64. The van der Waals surface area contributed by atoms with Crippen LogP contribution in [-0.2, 0) is 11.0 Å². The third-order valence-corrected chi connectivity index (χ3v) is 3.16. The number of hydrogen-bond donors (Lipinski definition) is 1. The summed E-state index contributed by atoms with van der Waals surface area (Å²) < 4.78 is 45.3. The molecule has 2 rings (SSSR count). The summed E-state index contributed by atoms with van der Waals surface area (Å²) in [4.78, 5) is 26.4. The zero-order valence-electron chi connectivity index (χ0n) is 11.9. The van der Waals surface area contributed by atoms with E-state index < -0.39 is 23.9 Å².